The van der Waals surface area contributed by atoms with Crippen LogP contribution in [-0.4, -0.2) is 10.7 Å². The summed E-state index contributed by atoms with van der Waals surface area (Å²) in [6.07, 6.45) is 10.2. The van der Waals surface area contributed by atoms with E-state index in [-0.39, 0.29) is 0 Å². The van der Waals surface area contributed by atoms with Gasteiger partial charge in [0.2, 0.25) is 0 Å². The maximum absolute atomic E-state index is 10.4. The fraction of sp³-hybridized carbons (Fsp3) is 1.00. The van der Waals surface area contributed by atoms with Gasteiger partial charge in [-0.1, -0.05) is 52.4 Å². The second-order valence-corrected chi connectivity index (χ2v) is 5.50. The Morgan fingerprint density at radius 2 is 1.87 bits per heavy atom. The van der Waals surface area contributed by atoms with Crippen LogP contribution in [0.5, 0.6) is 0 Å². The van der Waals surface area contributed by atoms with Gasteiger partial charge >= 0.3 is 0 Å². The lowest BCUT2D eigenvalue weighted by Gasteiger charge is -2.41. The predicted molar refractivity (Wildman–Crippen MR) is 65.9 cm³/mol. The van der Waals surface area contributed by atoms with Crippen molar-refractivity contribution in [1.82, 2.24) is 0 Å². The molecule has 3 unspecified atom stereocenters. The van der Waals surface area contributed by atoms with Crippen molar-refractivity contribution in [3.63, 3.8) is 0 Å². The molecule has 1 saturated carbocycles. The molecule has 0 heterocycles. The summed E-state index contributed by atoms with van der Waals surface area (Å²) in [6.45, 7) is 6.42. The molecule has 1 rings (SSSR count). The summed E-state index contributed by atoms with van der Waals surface area (Å²) in [5, 5.41) is 10.4. The van der Waals surface area contributed by atoms with Crippen molar-refractivity contribution in [1.29, 1.82) is 0 Å². The lowest BCUT2D eigenvalue weighted by atomic mass is 9.68. The maximum Gasteiger partial charge on any atom is 0.0647 e. The Balaban J connectivity index is 2.56. The zero-order valence-corrected chi connectivity index (χ0v) is 10.8. The average Bonchev–Trinajstić information content (AvgIpc) is 2.26. The van der Waals surface area contributed by atoms with Gasteiger partial charge in [-0.05, 0) is 31.6 Å². The van der Waals surface area contributed by atoms with E-state index >= 15 is 0 Å². The summed E-state index contributed by atoms with van der Waals surface area (Å²) in [4.78, 5) is 0. The van der Waals surface area contributed by atoms with Crippen molar-refractivity contribution in [2.24, 2.45) is 11.8 Å². The van der Waals surface area contributed by atoms with Crippen LogP contribution in [0, 0.1) is 11.8 Å². The largest absolute Gasteiger partial charge is 0.390 e. The van der Waals surface area contributed by atoms with E-state index in [1.165, 1.54) is 44.9 Å². The van der Waals surface area contributed by atoms with Crippen LogP contribution in [0.2, 0.25) is 0 Å². The maximum atomic E-state index is 10.4. The Bertz CT molecular complexity index is 174. The first kappa shape index (κ1) is 13.0. The molecule has 0 spiro atoms. The monoisotopic (exact) mass is 212 g/mol. The Labute approximate surface area is 95.3 Å². The molecule has 3 atom stereocenters. The van der Waals surface area contributed by atoms with Crippen molar-refractivity contribution < 1.29 is 5.11 Å². The molecule has 1 N–H and O–H groups in total. The molecule has 1 aliphatic rings. The van der Waals surface area contributed by atoms with Crippen molar-refractivity contribution in [3.8, 4) is 0 Å². The van der Waals surface area contributed by atoms with Crippen molar-refractivity contribution in [2.75, 3.05) is 0 Å². The number of aliphatic hydroxyl groups is 1. The zero-order chi connectivity index (χ0) is 11.3. The van der Waals surface area contributed by atoms with E-state index in [4.69, 9.17) is 0 Å². The summed E-state index contributed by atoms with van der Waals surface area (Å²) in [5.74, 6) is 1.34. The van der Waals surface area contributed by atoms with Crippen LogP contribution < -0.4 is 0 Å². The molecular weight excluding hydrogens is 184 g/mol. The Kier molecular flexibility index (Phi) is 5.11. The average molecular weight is 212 g/mol. The van der Waals surface area contributed by atoms with E-state index in [9.17, 15) is 5.11 Å². The van der Waals surface area contributed by atoms with Crippen LogP contribution >= 0.6 is 0 Å². The highest BCUT2D eigenvalue weighted by Crippen LogP contribution is 2.41. The smallest absolute Gasteiger partial charge is 0.0647 e. The van der Waals surface area contributed by atoms with Crippen molar-refractivity contribution in [3.05, 3.63) is 0 Å². The Morgan fingerprint density at radius 3 is 2.47 bits per heavy atom. The van der Waals surface area contributed by atoms with E-state index in [1.807, 2.05) is 6.92 Å². The molecule has 15 heavy (non-hydrogen) atoms. The topological polar surface area (TPSA) is 20.2 Å². The summed E-state index contributed by atoms with van der Waals surface area (Å²) in [6, 6.07) is 0. The van der Waals surface area contributed by atoms with Gasteiger partial charge in [0.15, 0.2) is 0 Å². The van der Waals surface area contributed by atoms with E-state index in [0.29, 0.717) is 5.92 Å². The molecule has 0 amide bonds. The lowest BCUT2D eigenvalue weighted by Crippen LogP contribution is -2.40. The Morgan fingerprint density at radius 1 is 1.20 bits per heavy atom. The number of hydrogen-bond donors (Lipinski definition) is 1. The molecular formula is C14H28O. The molecule has 0 aromatic heterocycles. The van der Waals surface area contributed by atoms with Gasteiger partial charge < -0.3 is 5.11 Å². The minimum atomic E-state index is -0.418. The second kappa shape index (κ2) is 5.89. The second-order valence-electron chi connectivity index (χ2n) is 5.50. The van der Waals surface area contributed by atoms with Crippen LogP contribution in [0.15, 0.2) is 0 Å². The minimum absolute atomic E-state index is 0.418. The molecule has 1 fully saturated rings. The first-order valence-corrected chi connectivity index (χ1v) is 6.84. The molecule has 1 nitrogen and oxygen atoms in total. The first-order chi connectivity index (χ1) is 7.11. The SMILES string of the molecule is CCCCC1CCCCC1C(C)(O)CC. The van der Waals surface area contributed by atoms with Gasteiger partial charge in [0.1, 0.15) is 0 Å². The molecule has 0 radical (unpaired) electrons. The highest BCUT2D eigenvalue weighted by atomic mass is 16.3. The van der Waals surface area contributed by atoms with Crippen LogP contribution in [0.25, 0.3) is 0 Å². The fourth-order valence-electron chi connectivity index (χ4n) is 3.10. The standard InChI is InChI=1S/C14H28O/c1-4-6-9-12-10-7-8-11-13(12)14(3,15)5-2/h12-13,15H,4-11H2,1-3H3. The quantitative estimate of drug-likeness (QED) is 0.726. The third-order valence-electron chi connectivity index (χ3n) is 4.35. The van der Waals surface area contributed by atoms with Crippen LogP contribution in [0.4, 0.5) is 0 Å². The molecule has 0 aromatic carbocycles. The van der Waals surface area contributed by atoms with E-state index in [0.717, 1.165) is 12.3 Å². The highest BCUT2D eigenvalue weighted by molar-refractivity contribution is 4.88. The number of unbranched alkanes of at least 4 members (excludes halogenated alkanes) is 1. The third-order valence-corrected chi connectivity index (χ3v) is 4.35. The van der Waals surface area contributed by atoms with Crippen LogP contribution in [-0.2, 0) is 0 Å². The number of hydrogen-bond acceptors (Lipinski definition) is 1. The minimum Gasteiger partial charge on any atom is -0.390 e. The van der Waals surface area contributed by atoms with Gasteiger partial charge in [-0.25, -0.2) is 0 Å². The summed E-state index contributed by atoms with van der Waals surface area (Å²) in [5.41, 5.74) is -0.418. The molecule has 90 valence electrons. The van der Waals surface area contributed by atoms with Gasteiger partial charge in [-0.15, -0.1) is 0 Å². The molecule has 0 aromatic rings. The fourth-order valence-corrected chi connectivity index (χ4v) is 3.10. The van der Waals surface area contributed by atoms with Crippen molar-refractivity contribution >= 4 is 0 Å². The number of rotatable bonds is 5. The molecule has 0 saturated heterocycles. The third kappa shape index (κ3) is 3.48. The molecule has 1 aliphatic carbocycles. The molecule has 0 aliphatic heterocycles. The van der Waals surface area contributed by atoms with E-state index in [1.54, 1.807) is 0 Å². The normalized spacial score (nSPS) is 31.2. The van der Waals surface area contributed by atoms with Gasteiger partial charge in [-0.2, -0.15) is 0 Å². The summed E-state index contributed by atoms with van der Waals surface area (Å²) < 4.78 is 0. The summed E-state index contributed by atoms with van der Waals surface area (Å²) in [7, 11) is 0. The van der Waals surface area contributed by atoms with Gasteiger partial charge in [-0.3, -0.25) is 0 Å². The summed E-state index contributed by atoms with van der Waals surface area (Å²) >= 11 is 0. The highest BCUT2D eigenvalue weighted by Gasteiger charge is 2.37. The van der Waals surface area contributed by atoms with Gasteiger partial charge in [0.25, 0.3) is 0 Å². The zero-order valence-electron chi connectivity index (χ0n) is 10.8. The Hall–Kier alpha value is -0.0400. The van der Waals surface area contributed by atoms with E-state index < -0.39 is 5.60 Å². The van der Waals surface area contributed by atoms with Crippen LogP contribution in [0.1, 0.15) is 72.1 Å². The van der Waals surface area contributed by atoms with Gasteiger partial charge in [0.05, 0.1) is 5.60 Å². The van der Waals surface area contributed by atoms with E-state index in [2.05, 4.69) is 13.8 Å². The van der Waals surface area contributed by atoms with Crippen LogP contribution in [0.3, 0.4) is 0 Å². The molecule has 0 bridgehead atoms. The first-order valence-electron chi connectivity index (χ1n) is 6.84. The lowest BCUT2D eigenvalue weighted by molar-refractivity contribution is -0.0474. The predicted octanol–water partition coefficient (Wildman–Crippen LogP) is 4.14. The molecule has 1 heteroatoms. The van der Waals surface area contributed by atoms with Gasteiger partial charge in [0, 0.05) is 0 Å². The van der Waals surface area contributed by atoms with Crippen molar-refractivity contribution in [2.45, 2.75) is 77.7 Å².